The molecule has 0 amide bonds. The maximum absolute atomic E-state index is 14.3. The van der Waals surface area contributed by atoms with Gasteiger partial charge in [-0.3, -0.25) is 9.79 Å². The monoisotopic (exact) mass is 429 g/mol. The molecule has 4 rings (SSSR count). The first-order valence-corrected chi connectivity index (χ1v) is 8.98. The average Bonchev–Trinajstić information content (AvgIpc) is 3.38. The lowest BCUT2D eigenvalue weighted by Gasteiger charge is -2.32. The van der Waals surface area contributed by atoms with Crippen LogP contribution in [0.5, 0.6) is 0 Å². The van der Waals surface area contributed by atoms with Gasteiger partial charge in [0.1, 0.15) is 23.5 Å². The number of carboxylic acids is 1. The van der Waals surface area contributed by atoms with E-state index in [9.17, 15) is 26.7 Å². The fraction of sp³-hybridized carbons (Fsp3) is 0.389. The Hall–Kier alpha value is -3.18. The normalized spacial score (nSPS) is 21.4. The molecule has 0 bridgehead atoms. The predicted octanol–water partition coefficient (Wildman–Crippen LogP) is 3.29. The number of aromatic amines is 1. The van der Waals surface area contributed by atoms with Crippen molar-refractivity contribution in [1.82, 2.24) is 20.6 Å². The second-order valence-corrected chi connectivity index (χ2v) is 7.29. The topological polar surface area (TPSA) is 102 Å². The van der Waals surface area contributed by atoms with E-state index in [4.69, 9.17) is 5.11 Å². The number of carboxylic acid groups (broad SMARTS) is 1. The van der Waals surface area contributed by atoms with E-state index in [0.29, 0.717) is 16.6 Å². The smallest absolute Gasteiger partial charge is 0.396 e. The lowest BCUT2D eigenvalue weighted by atomic mass is 9.92. The Bertz CT molecular complexity index is 1060. The fourth-order valence-corrected chi connectivity index (χ4v) is 3.64. The molecule has 2 aromatic rings. The molecule has 4 N–H and O–H groups in total. The predicted molar refractivity (Wildman–Crippen MR) is 95.5 cm³/mol. The van der Waals surface area contributed by atoms with Gasteiger partial charge in [0.15, 0.2) is 5.83 Å². The van der Waals surface area contributed by atoms with Gasteiger partial charge in [-0.15, -0.1) is 0 Å². The van der Waals surface area contributed by atoms with Crippen LogP contribution in [0, 0.1) is 11.2 Å². The quantitative estimate of drug-likeness (QED) is 0.528. The first kappa shape index (κ1) is 20.1. The summed E-state index contributed by atoms with van der Waals surface area (Å²) in [7, 11) is 0. The van der Waals surface area contributed by atoms with Crippen molar-refractivity contribution in [1.29, 1.82) is 0 Å². The van der Waals surface area contributed by atoms with Crippen LogP contribution in [0.15, 0.2) is 35.1 Å². The van der Waals surface area contributed by atoms with Gasteiger partial charge in [0.05, 0.1) is 30.3 Å². The second-order valence-electron chi connectivity index (χ2n) is 7.29. The SMILES string of the molecule is O=C(O)CC(NC1=C(F)C=NC(c2c[nH]c3ncc(F)cc23)N1)C1(C(F)(F)F)CC1. The molecule has 30 heavy (non-hydrogen) atoms. The summed E-state index contributed by atoms with van der Waals surface area (Å²) in [4.78, 5) is 21.8. The summed E-state index contributed by atoms with van der Waals surface area (Å²) >= 11 is 0. The molecular formula is C18H16F5N5O2. The maximum Gasteiger partial charge on any atom is 0.396 e. The molecule has 1 saturated carbocycles. The number of H-pyrrole nitrogens is 1. The third-order valence-corrected chi connectivity index (χ3v) is 5.40. The summed E-state index contributed by atoms with van der Waals surface area (Å²) in [5.41, 5.74) is -1.49. The van der Waals surface area contributed by atoms with Gasteiger partial charge in [-0.05, 0) is 18.9 Å². The maximum atomic E-state index is 14.3. The van der Waals surface area contributed by atoms with E-state index >= 15 is 0 Å². The van der Waals surface area contributed by atoms with E-state index in [0.717, 1.165) is 12.4 Å². The van der Waals surface area contributed by atoms with Crippen molar-refractivity contribution in [3.63, 3.8) is 0 Å². The highest BCUT2D eigenvalue weighted by Crippen LogP contribution is 2.60. The minimum Gasteiger partial charge on any atom is -0.481 e. The molecule has 1 fully saturated rings. The Labute approximate surface area is 166 Å². The molecule has 160 valence electrons. The van der Waals surface area contributed by atoms with Gasteiger partial charge in [0, 0.05) is 17.1 Å². The molecule has 1 aliphatic carbocycles. The lowest BCUT2D eigenvalue weighted by Crippen LogP contribution is -2.49. The number of hydrogen-bond acceptors (Lipinski definition) is 5. The molecule has 0 saturated heterocycles. The van der Waals surface area contributed by atoms with Crippen molar-refractivity contribution in [2.24, 2.45) is 10.4 Å². The highest BCUT2D eigenvalue weighted by atomic mass is 19.4. The Morgan fingerprint density at radius 3 is 2.73 bits per heavy atom. The third kappa shape index (κ3) is 3.46. The molecule has 0 radical (unpaired) electrons. The van der Waals surface area contributed by atoms with Crippen molar-refractivity contribution >= 4 is 23.2 Å². The van der Waals surface area contributed by atoms with Gasteiger partial charge in [-0.25, -0.2) is 13.8 Å². The van der Waals surface area contributed by atoms with E-state index in [1.807, 2.05) is 0 Å². The standard InChI is InChI=1S/C18H16F5N5O2/c19-8-3-9-10(6-25-14(9)24-5-8)15-26-7-11(20)16(28-15)27-12(4-13(29)30)17(1-2-17)18(21,22)23/h3,5-7,12,15,27-28H,1-2,4H2,(H,24,25)(H,29,30). The zero-order valence-corrected chi connectivity index (χ0v) is 15.2. The number of rotatable bonds is 6. The minimum atomic E-state index is -4.64. The van der Waals surface area contributed by atoms with Crippen molar-refractivity contribution in [2.45, 2.75) is 37.6 Å². The van der Waals surface area contributed by atoms with Crippen molar-refractivity contribution < 1.29 is 31.9 Å². The third-order valence-electron chi connectivity index (χ3n) is 5.40. The van der Waals surface area contributed by atoms with Gasteiger partial charge in [-0.2, -0.15) is 13.2 Å². The second kappa shape index (κ2) is 6.96. The molecular weight excluding hydrogens is 413 g/mol. The zero-order chi connectivity index (χ0) is 21.7. The molecule has 2 atom stereocenters. The van der Waals surface area contributed by atoms with Crippen LogP contribution >= 0.6 is 0 Å². The highest BCUT2D eigenvalue weighted by Gasteiger charge is 2.67. The minimum absolute atomic E-state index is 0.249. The number of pyridine rings is 1. The molecule has 7 nitrogen and oxygen atoms in total. The number of aliphatic carboxylic acids is 1. The number of nitrogens with one attached hydrogen (secondary N) is 3. The highest BCUT2D eigenvalue weighted by molar-refractivity contribution is 5.82. The van der Waals surface area contributed by atoms with Crippen molar-refractivity contribution in [3.05, 3.63) is 41.5 Å². The van der Waals surface area contributed by atoms with Crippen LogP contribution in [-0.4, -0.2) is 39.5 Å². The molecule has 3 heterocycles. The van der Waals surface area contributed by atoms with Crippen LogP contribution in [0.2, 0.25) is 0 Å². The van der Waals surface area contributed by atoms with E-state index in [-0.39, 0.29) is 12.8 Å². The van der Waals surface area contributed by atoms with E-state index in [1.54, 1.807) is 0 Å². The van der Waals surface area contributed by atoms with Crippen LogP contribution in [0.3, 0.4) is 0 Å². The van der Waals surface area contributed by atoms with E-state index < -0.39 is 53.7 Å². The molecule has 2 unspecified atom stereocenters. The van der Waals surface area contributed by atoms with Gasteiger partial charge in [-0.1, -0.05) is 0 Å². The molecule has 0 aromatic carbocycles. The Morgan fingerprint density at radius 2 is 2.10 bits per heavy atom. The lowest BCUT2D eigenvalue weighted by molar-refractivity contribution is -0.196. The number of aliphatic imine (C=N–C) groups is 1. The largest absolute Gasteiger partial charge is 0.481 e. The van der Waals surface area contributed by atoms with Crippen LogP contribution in [0.25, 0.3) is 11.0 Å². The fourth-order valence-electron chi connectivity index (χ4n) is 3.64. The first-order chi connectivity index (χ1) is 14.1. The number of aromatic nitrogens is 2. The summed E-state index contributed by atoms with van der Waals surface area (Å²) in [5, 5.41) is 14.5. The zero-order valence-electron chi connectivity index (χ0n) is 15.2. The number of fused-ring (bicyclic) bond motifs is 1. The molecule has 12 heteroatoms. The molecule has 2 aliphatic rings. The van der Waals surface area contributed by atoms with Crippen LogP contribution < -0.4 is 10.6 Å². The van der Waals surface area contributed by atoms with Gasteiger partial charge in [0.2, 0.25) is 0 Å². The van der Waals surface area contributed by atoms with Gasteiger partial charge >= 0.3 is 12.1 Å². The van der Waals surface area contributed by atoms with E-state index in [2.05, 4.69) is 25.6 Å². The number of allylic oxidation sites excluding steroid dienone is 1. The molecule has 1 aliphatic heterocycles. The summed E-state index contributed by atoms with van der Waals surface area (Å²) < 4.78 is 68.5. The summed E-state index contributed by atoms with van der Waals surface area (Å²) in [6.07, 6.45) is -3.63. The van der Waals surface area contributed by atoms with Crippen molar-refractivity contribution in [3.8, 4) is 0 Å². The van der Waals surface area contributed by atoms with Crippen LogP contribution in [0.1, 0.15) is 31.0 Å². The number of hydrogen-bond donors (Lipinski definition) is 4. The Balaban J connectivity index is 1.61. The average molecular weight is 429 g/mol. The number of carbonyl (C=O) groups is 1. The summed E-state index contributed by atoms with van der Waals surface area (Å²) in [5.74, 6) is -3.42. The Morgan fingerprint density at radius 1 is 1.37 bits per heavy atom. The van der Waals surface area contributed by atoms with Crippen LogP contribution in [0.4, 0.5) is 22.0 Å². The Kier molecular flexibility index (Phi) is 4.66. The first-order valence-electron chi connectivity index (χ1n) is 8.98. The summed E-state index contributed by atoms with van der Waals surface area (Å²) in [6.45, 7) is 0. The van der Waals surface area contributed by atoms with E-state index in [1.165, 1.54) is 12.3 Å². The van der Waals surface area contributed by atoms with Crippen molar-refractivity contribution in [2.75, 3.05) is 0 Å². The summed E-state index contributed by atoms with van der Waals surface area (Å²) in [6, 6.07) is -0.374. The number of halogens is 5. The number of nitrogens with zero attached hydrogens (tertiary/aromatic N) is 2. The molecule has 2 aromatic heterocycles. The van der Waals surface area contributed by atoms with Gasteiger partial charge < -0.3 is 20.7 Å². The number of alkyl halides is 3. The van der Waals surface area contributed by atoms with Gasteiger partial charge in [0.25, 0.3) is 0 Å². The van der Waals surface area contributed by atoms with Crippen LogP contribution in [-0.2, 0) is 4.79 Å². The molecule has 0 spiro atoms.